The summed E-state index contributed by atoms with van der Waals surface area (Å²) < 4.78 is 7.75. The van der Waals surface area contributed by atoms with E-state index in [4.69, 9.17) is 4.74 Å². The molecule has 3 rings (SSSR count). The van der Waals surface area contributed by atoms with Crippen LogP contribution in [-0.2, 0) is 4.74 Å². The minimum absolute atomic E-state index is 0.312. The monoisotopic (exact) mass is 303 g/mol. The highest BCUT2D eigenvalue weighted by Gasteiger charge is 2.23. The van der Waals surface area contributed by atoms with Crippen LogP contribution in [0.5, 0.6) is 0 Å². The first-order chi connectivity index (χ1) is 10.7. The molecule has 6 nitrogen and oxygen atoms in total. The number of nitrogens with zero attached hydrogens (tertiary/aromatic N) is 5. The zero-order valence-corrected chi connectivity index (χ0v) is 13.7. The molecule has 2 aromatic heterocycles. The van der Waals surface area contributed by atoms with Gasteiger partial charge >= 0.3 is 0 Å². The Morgan fingerprint density at radius 3 is 3.05 bits per heavy atom. The molecule has 0 spiro atoms. The number of piperidine rings is 1. The summed E-state index contributed by atoms with van der Waals surface area (Å²) in [5.74, 6) is 0.377. The van der Waals surface area contributed by atoms with Crippen molar-refractivity contribution in [1.82, 2.24) is 19.8 Å². The summed E-state index contributed by atoms with van der Waals surface area (Å²) in [6.45, 7) is 9.27. The summed E-state index contributed by atoms with van der Waals surface area (Å²) in [6.07, 6.45) is 5.35. The minimum atomic E-state index is 0.312. The van der Waals surface area contributed by atoms with Crippen molar-refractivity contribution in [3.63, 3.8) is 0 Å². The summed E-state index contributed by atoms with van der Waals surface area (Å²) >= 11 is 0. The van der Waals surface area contributed by atoms with E-state index in [0.717, 1.165) is 56.0 Å². The summed E-state index contributed by atoms with van der Waals surface area (Å²) in [6, 6.07) is 2.16. The first kappa shape index (κ1) is 15.2. The third-order valence-electron chi connectivity index (χ3n) is 4.14. The van der Waals surface area contributed by atoms with Gasteiger partial charge in [-0.15, -0.1) is 10.2 Å². The Kier molecular flexibility index (Phi) is 4.57. The highest BCUT2D eigenvalue weighted by atomic mass is 16.5. The lowest BCUT2D eigenvalue weighted by atomic mass is 10.1. The molecule has 0 N–H and O–H groups in total. The number of ether oxygens (including phenoxy) is 1. The fourth-order valence-electron chi connectivity index (χ4n) is 2.92. The molecule has 22 heavy (non-hydrogen) atoms. The Morgan fingerprint density at radius 2 is 2.27 bits per heavy atom. The predicted molar refractivity (Wildman–Crippen MR) is 86.3 cm³/mol. The Morgan fingerprint density at radius 1 is 1.41 bits per heavy atom. The van der Waals surface area contributed by atoms with Crippen LogP contribution in [-0.4, -0.2) is 45.6 Å². The lowest BCUT2D eigenvalue weighted by molar-refractivity contribution is 0.0441. The molecule has 3 heterocycles. The van der Waals surface area contributed by atoms with Gasteiger partial charge < -0.3 is 9.64 Å². The number of hydrogen-bond donors (Lipinski definition) is 0. The smallest absolute Gasteiger partial charge is 0.200 e. The lowest BCUT2D eigenvalue weighted by Crippen LogP contribution is -2.40. The fourth-order valence-corrected chi connectivity index (χ4v) is 2.92. The molecule has 2 aromatic rings. The molecule has 1 unspecified atom stereocenters. The quantitative estimate of drug-likeness (QED) is 0.850. The van der Waals surface area contributed by atoms with E-state index >= 15 is 0 Å². The maximum absolute atomic E-state index is 5.95. The van der Waals surface area contributed by atoms with E-state index in [1.807, 2.05) is 0 Å². The van der Waals surface area contributed by atoms with Gasteiger partial charge in [0, 0.05) is 19.7 Å². The molecule has 1 fully saturated rings. The summed E-state index contributed by atoms with van der Waals surface area (Å²) in [7, 11) is 0. The molecule has 6 heteroatoms. The van der Waals surface area contributed by atoms with Crippen LogP contribution in [0.15, 0.2) is 12.4 Å². The van der Waals surface area contributed by atoms with E-state index < -0.39 is 0 Å². The van der Waals surface area contributed by atoms with Gasteiger partial charge in [0.05, 0.1) is 17.5 Å². The average Bonchev–Trinajstić information content (AvgIpc) is 3.00. The lowest BCUT2D eigenvalue weighted by Gasteiger charge is -2.34. The summed E-state index contributed by atoms with van der Waals surface area (Å²) in [5, 5.41) is 12.9. The van der Waals surface area contributed by atoms with Gasteiger partial charge in [0.25, 0.3) is 0 Å². The Hall–Kier alpha value is -1.69. The molecule has 1 aliphatic heterocycles. The molecule has 0 radical (unpaired) electrons. The molecular formula is C16H25N5O. The normalized spacial score (nSPS) is 19.3. The van der Waals surface area contributed by atoms with Gasteiger partial charge in [-0.3, -0.25) is 0 Å². The molecule has 0 bridgehead atoms. The van der Waals surface area contributed by atoms with Crippen LogP contribution in [0.25, 0.3) is 5.65 Å². The second-order valence-corrected chi connectivity index (χ2v) is 6.29. The fraction of sp³-hybridized carbons (Fsp3) is 0.688. The van der Waals surface area contributed by atoms with Crippen LogP contribution in [0.2, 0.25) is 0 Å². The van der Waals surface area contributed by atoms with Gasteiger partial charge in [-0.1, -0.05) is 20.8 Å². The zero-order valence-electron chi connectivity index (χ0n) is 13.7. The number of fused-ring (bicyclic) bond motifs is 1. The van der Waals surface area contributed by atoms with Gasteiger partial charge in [0.2, 0.25) is 5.65 Å². The topological polar surface area (TPSA) is 55.5 Å². The Balaban J connectivity index is 1.89. The Bertz CT molecular complexity index is 624. The van der Waals surface area contributed by atoms with Crippen molar-refractivity contribution >= 4 is 11.3 Å². The maximum Gasteiger partial charge on any atom is 0.200 e. The van der Waals surface area contributed by atoms with Crippen molar-refractivity contribution in [1.29, 1.82) is 0 Å². The maximum atomic E-state index is 5.95. The van der Waals surface area contributed by atoms with E-state index in [0.29, 0.717) is 12.0 Å². The van der Waals surface area contributed by atoms with Gasteiger partial charge in [0.1, 0.15) is 6.33 Å². The first-order valence-corrected chi connectivity index (χ1v) is 8.26. The number of hydrogen-bond acceptors (Lipinski definition) is 5. The van der Waals surface area contributed by atoms with Crippen molar-refractivity contribution in [3.05, 3.63) is 18.1 Å². The molecular weight excluding hydrogens is 278 g/mol. The van der Waals surface area contributed by atoms with E-state index in [1.165, 1.54) is 0 Å². The van der Waals surface area contributed by atoms with Gasteiger partial charge in [-0.2, -0.15) is 9.61 Å². The number of anilines is 1. The van der Waals surface area contributed by atoms with Crippen molar-refractivity contribution in [2.45, 2.75) is 52.1 Å². The highest BCUT2D eigenvalue weighted by Crippen LogP contribution is 2.27. The third kappa shape index (κ3) is 3.06. The van der Waals surface area contributed by atoms with Gasteiger partial charge in [-0.25, -0.2) is 0 Å². The molecule has 1 saturated heterocycles. The molecule has 0 saturated carbocycles. The molecule has 0 aromatic carbocycles. The van der Waals surface area contributed by atoms with E-state index in [-0.39, 0.29) is 0 Å². The van der Waals surface area contributed by atoms with Crippen molar-refractivity contribution < 1.29 is 4.74 Å². The van der Waals surface area contributed by atoms with Crippen LogP contribution in [0.1, 0.15) is 51.6 Å². The van der Waals surface area contributed by atoms with Crippen molar-refractivity contribution in [2.75, 3.05) is 24.6 Å². The van der Waals surface area contributed by atoms with Crippen molar-refractivity contribution in [3.8, 4) is 0 Å². The van der Waals surface area contributed by atoms with Crippen LogP contribution < -0.4 is 4.90 Å². The van der Waals surface area contributed by atoms with Crippen molar-refractivity contribution in [2.24, 2.45) is 0 Å². The average molecular weight is 303 g/mol. The predicted octanol–water partition coefficient (Wildman–Crippen LogP) is 2.64. The first-order valence-electron chi connectivity index (χ1n) is 8.26. The number of aromatic nitrogens is 4. The second kappa shape index (κ2) is 6.60. The Labute approximate surface area is 131 Å². The minimum Gasteiger partial charge on any atom is -0.376 e. The molecule has 0 aliphatic carbocycles. The van der Waals surface area contributed by atoms with Gasteiger partial charge in [0.15, 0.2) is 0 Å². The third-order valence-corrected chi connectivity index (χ3v) is 4.14. The van der Waals surface area contributed by atoms with Gasteiger partial charge in [-0.05, 0) is 31.2 Å². The van der Waals surface area contributed by atoms with Crippen LogP contribution in [0.4, 0.5) is 5.69 Å². The molecule has 0 amide bonds. The van der Waals surface area contributed by atoms with E-state index in [2.05, 4.69) is 47.0 Å². The molecule has 1 atom stereocenters. The standard InChI is InChI=1S/C16H25N5O/c1-4-8-22-13-6-5-7-20(10-13)15-9-14(12(2)3)19-21-11-17-18-16(15)21/h9,11-13H,4-8,10H2,1-3H3. The second-order valence-electron chi connectivity index (χ2n) is 6.29. The van der Waals surface area contributed by atoms with Crippen LogP contribution in [0, 0.1) is 0 Å². The van der Waals surface area contributed by atoms with Crippen LogP contribution in [0.3, 0.4) is 0 Å². The van der Waals surface area contributed by atoms with E-state index in [1.54, 1.807) is 10.8 Å². The van der Waals surface area contributed by atoms with Crippen LogP contribution >= 0.6 is 0 Å². The number of rotatable bonds is 5. The molecule has 120 valence electrons. The zero-order chi connectivity index (χ0) is 15.5. The van der Waals surface area contributed by atoms with E-state index in [9.17, 15) is 0 Å². The highest BCUT2D eigenvalue weighted by molar-refractivity contribution is 5.68. The summed E-state index contributed by atoms with van der Waals surface area (Å²) in [4.78, 5) is 2.38. The SMILES string of the molecule is CCCOC1CCCN(c2cc(C(C)C)nn3cnnc23)C1. The summed E-state index contributed by atoms with van der Waals surface area (Å²) in [5.41, 5.74) is 3.03. The molecule has 1 aliphatic rings. The largest absolute Gasteiger partial charge is 0.376 e.